The van der Waals surface area contributed by atoms with Crippen molar-refractivity contribution in [3.8, 4) is 5.75 Å². The van der Waals surface area contributed by atoms with Crippen molar-refractivity contribution in [1.29, 1.82) is 0 Å². The van der Waals surface area contributed by atoms with Crippen LogP contribution >= 0.6 is 0 Å². The molecule has 0 amide bonds. The van der Waals surface area contributed by atoms with Gasteiger partial charge >= 0.3 is 0 Å². The van der Waals surface area contributed by atoms with Crippen LogP contribution in [0, 0.1) is 5.92 Å². The van der Waals surface area contributed by atoms with Gasteiger partial charge in [0.15, 0.2) is 5.78 Å². The van der Waals surface area contributed by atoms with Crippen LogP contribution in [-0.2, 0) is 0 Å². The highest BCUT2D eigenvalue weighted by atomic mass is 16.5. The van der Waals surface area contributed by atoms with E-state index in [4.69, 9.17) is 4.74 Å². The third-order valence-corrected chi connectivity index (χ3v) is 2.72. The van der Waals surface area contributed by atoms with E-state index in [2.05, 4.69) is 0 Å². The van der Waals surface area contributed by atoms with E-state index in [0.29, 0.717) is 12.2 Å². The summed E-state index contributed by atoms with van der Waals surface area (Å²) in [5, 5.41) is 19.6. The number of hydrogen-bond donors (Lipinski definition) is 2. The average molecular weight is 252 g/mol. The van der Waals surface area contributed by atoms with E-state index in [0.717, 1.165) is 0 Å². The van der Waals surface area contributed by atoms with E-state index in [1.54, 1.807) is 24.3 Å². The van der Waals surface area contributed by atoms with Gasteiger partial charge in [-0.1, -0.05) is 26.0 Å². The number of methoxy groups -OCH3 is 1. The fourth-order valence-electron chi connectivity index (χ4n) is 1.79. The number of Topliss-reactive ketones (excluding diaryl/α,β-unsaturated/α-hetero) is 1. The SMILES string of the molecule is COc1ccccc1C(=O)[C@H](O)[C@@H](O)CC(C)C. The average Bonchev–Trinajstić information content (AvgIpc) is 2.36. The molecule has 0 bridgehead atoms. The van der Waals surface area contributed by atoms with Gasteiger partial charge in [-0.05, 0) is 24.5 Å². The van der Waals surface area contributed by atoms with Gasteiger partial charge in [-0.2, -0.15) is 0 Å². The zero-order chi connectivity index (χ0) is 13.7. The molecule has 0 aliphatic carbocycles. The summed E-state index contributed by atoms with van der Waals surface area (Å²) < 4.78 is 5.06. The Bertz CT molecular complexity index is 401. The van der Waals surface area contributed by atoms with E-state index in [-0.39, 0.29) is 11.5 Å². The second-order valence-electron chi connectivity index (χ2n) is 4.71. The number of carbonyl (C=O) groups is 1. The number of rotatable bonds is 6. The third kappa shape index (κ3) is 3.55. The van der Waals surface area contributed by atoms with Crippen LogP contribution < -0.4 is 4.74 Å². The van der Waals surface area contributed by atoms with Gasteiger partial charge in [0.05, 0.1) is 18.8 Å². The summed E-state index contributed by atoms with van der Waals surface area (Å²) in [5.41, 5.74) is 0.287. The van der Waals surface area contributed by atoms with Crippen LogP contribution in [0.2, 0.25) is 0 Å². The van der Waals surface area contributed by atoms with Gasteiger partial charge in [-0.3, -0.25) is 4.79 Å². The van der Waals surface area contributed by atoms with Gasteiger partial charge in [0.1, 0.15) is 11.9 Å². The molecule has 100 valence electrons. The Morgan fingerprint density at radius 1 is 1.28 bits per heavy atom. The van der Waals surface area contributed by atoms with Crippen molar-refractivity contribution in [3.05, 3.63) is 29.8 Å². The third-order valence-electron chi connectivity index (χ3n) is 2.72. The van der Waals surface area contributed by atoms with Crippen LogP contribution in [-0.4, -0.2) is 35.3 Å². The molecule has 0 aliphatic rings. The fourth-order valence-corrected chi connectivity index (χ4v) is 1.79. The Hall–Kier alpha value is -1.39. The van der Waals surface area contributed by atoms with E-state index in [1.165, 1.54) is 7.11 Å². The molecular weight excluding hydrogens is 232 g/mol. The normalized spacial score (nSPS) is 14.3. The topological polar surface area (TPSA) is 66.8 Å². The van der Waals surface area contributed by atoms with Crippen molar-refractivity contribution in [1.82, 2.24) is 0 Å². The molecule has 0 fully saturated rings. The lowest BCUT2D eigenvalue weighted by Crippen LogP contribution is -2.35. The molecule has 0 spiro atoms. The number of ether oxygens (including phenoxy) is 1. The molecule has 1 aromatic rings. The maximum Gasteiger partial charge on any atom is 0.197 e. The summed E-state index contributed by atoms with van der Waals surface area (Å²) >= 11 is 0. The van der Waals surface area contributed by atoms with Gasteiger partial charge in [-0.15, -0.1) is 0 Å². The van der Waals surface area contributed by atoms with Gasteiger partial charge in [0.25, 0.3) is 0 Å². The number of aliphatic hydroxyl groups is 2. The zero-order valence-electron chi connectivity index (χ0n) is 11.0. The summed E-state index contributed by atoms with van der Waals surface area (Å²) in [7, 11) is 1.46. The molecule has 0 saturated heterocycles. The second-order valence-corrected chi connectivity index (χ2v) is 4.71. The monoisotopic (exact) mass is 252 g/mol. The van der Waals surface area contributed by atoms with Gasteiger partial charge < -0.3 is 14.9 Å². The Morgan fingerprint density at radius 2 is 1.89 bits per heavy atom. The molecule has 0 aromatic heterocycles. The van der Waals surface area contributed by atoms with E-state index >= 15 is 0 Å². The summed E-state index contributed by atoms with van der Waals surface area (Å²) in [5.74, 6) is 0.0963. The minimum absolute atomic E-state index is 0.208. The molecule has 4 nitrogen and oxygen atoms in total. The number of benzene rings is 1. The molecule has 4 heteroatoms. The summed E-state index contributed by atoms with van der Waals surface area (Å²) in [6.07, 6.45) is -2.09. The first-order valence-corrected chi connectivity index (χ1v) is 6.00. The summed E-state index contributed by atoms with van der Waals surface area (Å²) in [6, 6.07) is 6.66. The van der Waals surface area contributed by atoms with Crippen molar-refractivity contribution in [3.63, 3.8) is 0 Å². The molecule has 0 saturated carbocycles. The quantitative estimate of drug-likeness (QED) is 0.755. The molecule has 1 rings (SSSR count). The number of ketones is 1. The molecular formula is C14H20O4. The molecule has 0 unspecified atom stereocenters. The van der Waals surface area contributed by atoms with Crippen LogP contribution in [0.5, 0.6) is 5.75 Å². The van der Waals surface area contributed by atoms with Crippen molar-refractivity contribution < 1.29 is 19.7 Å². The van der Waals surface area contributed by atoms with Gasteiger partial charge in [0, 0.05) is 0 Å². The Balaban J connectivity index is 2.86. The molecule has 18 heavy (non-hydrogen) atoms. The van der Waals surface area contributed by atoms with Crippen LogP contribution in [0.4, 0.5) is 0 Å². The largest absolute Gasteiger partial charge is 0.496 e. The highest BCUT2D eigenvalue weighted by Gasteiger charge is 2.27. The fraction of sp³-hybridized carbons (Fsp3) is 0.500. The minimum Gasteiger partial charge on any atom is -0.496 e. The highest BCUT2D eigenvalue weighted by molar-refractivity contribution is 6.02. The van der Waals surface area contributed by atoms with Crippen molar-refractivity contribution in [2.45, 2.75) is 32.5 Å². The van der Waals surface area contributed by atoms with Crippen molar-refractivity contribution in [2.24, 2.45) is 5.92 Å². The van der Waals surface area contributed by atoms with E-state index in [1.807, 2.05) is 13.8 Å². The first kappa shape index (κ1) is 14.7. The van der Waals surface area contributed by atoms with Crippen LogP contribution in [0.1, 0.15) is 30.6 Å². The lowest BCUT2D eigenvalue weighted by atomic mass is 9.96. The predicted molar refractivity (Wildman–Crippen MR) is 68.8 cm³/mol. The Kier molecular flexibility index (Phi) is 5.31. The highest BCUT2D eigenvalue weighted by Crippen LogP contribution is 2.21. The first-order chi connectivity index (χ1) is 8.47. The summed E-state index contributed by atoms with van der Waals surface area (Å²) in [4.78, 5) is 12.1. The Labute approximate surface area is 107 Å². The maximum atomic E-state index is 12.1. The number of para-hydroxylation sites is 1. The standard InChI is InChI=1S/C14H20O4/c1-9(2)8-11(15)14(17)13(16)10-6-4-5-7-12(10)18-3/h4-7,9,11,14-15,17H,8H2,1-3H3/t11-,14+/m0/s1. The van der Waals surface area contributed by atoms with Crippen molar-refractivity contribution in [2.75, 3.05) is 7.11 Å². The van der Waals surface area contributed by atoms with Crippen LogP contribution in [0.3, 0.4) is 0 Å². The smallest absolute Gasteiger partial charge is 0.197 e. The molecule has 2 N–H and O–H groups in total. The van der Waals surface area contributed by atoms with E-state index in [9.17, 15) is 15.0 Å². The Morgan fingerprint density at radius 3 is 2.44 bits per heavy atom. The van der Waals surface area contributed by atoms with Gasteiger partial charge in [-0.25, -0.2) is 0 Å². The molecule has 0 heterocycles. The number of carbonyl (C=O) groups excluding carboxylic acids is 1. The minimum atomic E-state index is -1.41. The molecule has 0 aliphatic heterocycles. The maximum absolute atomic E-state index is 12.1. The van der Waals surface area contributed by atoms with Crippen LogP contribution in [0.15, 0.2) is 24.3 Å². The molecule has 2 atom stereocenters. The first-order valence-electron chi connectivity index (χ1n) is 6.00. The summed E-state index contributed by atoms with van der Waals surface area (Å²) in [6.45, 7) is 3.84. The predicted octanol–water partition coefficient (Wildman–Crippen LogP) is 1.65. The number of aliphatic hydroxyl groups excluding tert-OH is 2. The lowest BCUT2D eigenvalue weighted by molar-refractivity contribution is 0.0126. The molecule has 1 aromatic carbocycles. The molecule has 0 radical (unpaired) electrons. The van der Waals surface area contributed by atoms with Crippen LogP contribution in [0.25, 0.3) is 0 Å². The lowest BCUT2D eigenvalue weighted by Gasteiger charge is -2.19. The number of hydrogen-bond acceptors (Lipinski definition) is 4. The van der Waals surface area contributed by atoms with E-state index < -0.39 is 18.0 Å². The van der Waals surface area contributed by atoms with Crippen molar-refractivity contribution >= 4 is 5.78 Å². The van der Waals surface area contributed by atoms with Gasteiger partial charge in [0.2, 0.25) is 0 Å². The zero-order valence-corrected chi connectivity index (χ0v) is 11.0. The second kappa shape index (κ2) is 6.52.